The normalized spacial score (nSPS) is 27.4. The van der Waals surface area contributed by atoms with Crippen LogP contribution in [0.2, 0.25) is 0 Å². The second-order valence-corrected chi connectivity index (χ2v) is 10.1. The number of benzene rings is 1. The average Bonchev–Trinajstić information content (AvgIpc) is 3.41. The number of hydrogen-bond acceptors (Lipinski definition) is 6. The molecular weight excluding hydrogens is 527 g/mol. The van der Waals surface area contributed by atoms with Crippen molar-refractivity contribution in [3.05, 3.63) is 53.4 Å². The molecule has 2 saturated heterocycles. The number of hydrogen-bond donors (Lipinski definition) is 2. The van der Waals surface area contributed by atoms with Crippen LogP contribution in [-0.2, 0) is 9.53 Å². The van der Waals surface area contributed by atoms with Crippen LogP contribution in [0.3, 0.4) is 0 Å². The van der Waals surface area contributed by atoms with Crippen molar-refractivity contribution in [2.24, 2.45) is 5.92 Å². The van der Waals surface area contributed by atoms with Crippen LogP contribution in [0.25, 0.3) is 0 Å². The molecule has 39 heavy (non-hydrogen) atoms. The van der Waals surface area contributed by atoms with Gasteiger partial charge in [-0.05, 0) is 45.1 Å². The van der Waals surface area contributed by atoms with Crippen LogP contribution in [0, 0.1) is 17.6 Å². The van der Waals surface area contributed by atoms with E-state index in [2.05, 4.69) is 20.5 Å². The fourth-order valence-corrected chi connectivity index (χ4v) is 5.20. The summed E-state index contributed by atoms with van der Waals surface area (Å²) in [5.74, 6) is -7.44. The molecule has 13 heteroatoms. The number of carbonyl (C=O) groups is 2. The van der Waals surface area contributed by atoms with Crippen molar-refractivity contribution in [3.8, 4) is 5.75 Å². The first-order valence-corrected chi connectivity index (χ1v) is 12.3. The highest BCUT2D eigenvalue weighted by Gasteiger charge is 2.65. The van der Waals surface area contributed by atoms with Crippen LogP contribution in [0.1, 0.15) is 42.2 Å². The van der Waals surface area contributed by atoms with Crippen molar-refractivity contribution >= 4 is 17.5 Å². The van der Waals surface area contributed by atoms with Crippen LogP contribution >= 0.6 is 0 Å². The van der Waals surface area contributed by atoms with E-state index in [1.165, 1.54) is 25.3 Å². The molecule has 0 radical (unpaired) electrons. The van der Waals surface area contributed by atoms with Gasteiger partial charge in [0.05, 0.1) is 7.11 Å². The standard InChI is InChI=1S/C26H29F5N4O4/c1-13-19(16-5-6-17(27)20(28)21(16)38-4)22(39-25(13,2)26(29,30)31)24(37)33-14-7-9-32-18(11-14)23(36)34-15-8-10-35(3)12-15/h5-7,9,11,13,15,19,22H,8,10,12H2,1-4H3,(H,34,36)(H,32,33,37)/t13-,15-,19-,22+,25+/m0/s1. The number of likely N-dealkylation sites (N-methyl/N-ethyl adjacent to an activating group) is 1. The summed E-state index contributed by atoms with van der Waals surface area (Å²) in [7, 11) is 2.98. The first-order valence-electron chi connectivity index (χ1n) is 12.3. The summed E-state index contributed by atoms with van der Waals surface area (Å²) >= 11 is 0. The minimum Gasteiger partial charge on any atom is -0.493 e. The van der Waals surface area contributed by atoms with Gasteiger partial charge < -0.3 is 25.0 Å². The Morgan fingerprint density at radius 2 is 1.95 bits per heavy atom. The Kier molecular flexibility index (Phi) is 7.86. The molecule has 0 unspecified atom stereocenters. The third-order valence-corrected chi connectivity index (χ3v) is 7.56. The molecule has 2 aromatic rings. The predicted octanol–water partition coefficient (Wildman–Crippen LogP) is 3.88. The van der Waals surface area contributed by atoms with E-state index in [0.717, 1.165) is 39.1 Å². The van der Waals surface area contributed by atoms with E-state index in [-0.39, 0.29) is 23.0 Å². The number of pyridine rings is 1. The van der Waals surface area contributed by atoms with Gasteiger partial charge in [-0.3, -0.25) is 14.6 Å². The number of alkyl halides is 3. The lowest BCUT2D eigenvalue weighted by molar-refractivity contribution is -0.272. The molecule has 4 rings (SSSR count). The third kappa shape index (κ3) is 5.42. The number of aromatic nitrogens is 1. The van der Waals surface area contributed by atoms with Crippen molar-refractivity contribution in [1.29, 1.82) is 0 Å². The zero-order chi connectivity index (χ0) is 28.7. The highest BCUT2D eigenvalue weighted by Crippen LogP contribution is 2.55. The number of amides is 2. The van der Waals surface area contributed by atoms with Gasteiger partial charge >= 0.3 is 6.18 Å². The van der Waals surface area contributed by atoms with Crippen molar-refractivity contribution in [1.82, 2.24) is 15.2 Å². The Labute approximate surface area is 221 Å². The molecule has 2 aliphatic heterocycles. The van der Waals surface area contributed by atoms with Gasteiger partial charge in [-0.1, -0.05) is 13.0 Å². The molecule has 1 aromatic carbocycles. The number of methoxy groups -OCH3 is 1. The molecule has 2 N–H and O–H groups in total. The number of likely N-dealkylation sites (tertiary alicyclic amines) is 1. The van der Waals surface area contributed by atoms with Crippen molar-refractivity contribution < 1.29 is 41.0 Å². The summed E-state index contributed by atoms with van der Waals surface area (Å²) < 4.78 is 81.1. The minimum absolute atomic E-state index is 0.00187. The lowest BCUT2D eigenvalue weighted by Crippen LogP contribution is -2.47. The van der Waals surface area contributed by atoms with E-state index in [1.807, 2.05) is 7.05 Å². The highest BCUT2D eigenvalue weighted by atomic mass is 19.4. The zero-order valence-corrected chi connectivity index (χ0v) is 21.7. The van der Waals surface area contributed by atoms with E-state index in [9.17, 15) is 31.5 Å². The maximum absolute atomic E-state index is 14.5. The van der Waals surface area contributed by atoms with E-state index in [4.69, 9.17) is 9.47 Å². The van der Waals surface area contributed by atoms with E-state index in [1.54, 1.807) is 0 Å². The lowest BCUT2D eigenvalue weighted by atomic mass is 9.77. The van der Waals surface area contributed by atoms with Crippen molar-refractivity contribution in [2.45, 2.75) is 50.1 Å². The summed E-state index contributed by atoms with van der Waals surface area (Å²) in [5.41, 5.74) is -2.83. The van der Waals surface area contributed by atoms with Gasteiger partial charge in [0.1, 0.15) is 11.8 Å². The smallest absolute Gasteiger partial charge is 0.417 e. The molecule has 0 bridgehead atoms. The monoisotopic (exact) mass is 556 g/mol. The number of carbonyl (C=O) groups excluding carboxylic acids is 2. The minimum atomic E-state index is -4.89. The molecule has 212 valence electrons. The van der Waals surface area contributed by atoms with Crippen molar-refractivity contribution in [2.75, 3.05) is 32.6 Å². The fraction of sp³-hybridized carbons (Fsp3) is 0.500. The predicted molar refractivity (Wildman–Crippen MR) is 130 cm³/mol. The average molecular weight is 557 g/mol. The van der Waals surface area contributed by atoms with E-state index < -0.39 is 58.9 Å². The Morgan fingerprint density at radius 1 is 1.23 bits per heavy atom. The van der Waals surface area contributed by atoms with E-state index >= 15 is 0 Å². The summed E-state index contributed by atoms with van der Waals surface area (Å²) in [6.07, 6.45) is -4.60. The molecule has 2 amide bonds. The Balaban J connectivity index is 1.63. The van der Waals surface area contributed by atoms with Gasteiger partial charge in [0.2, 0.25) is 5.82 Å². The summed E-state index contributed by atoms with van der Waals surface area (Å²) in [6, 6.07) is 4.43. The SMILES string of the molecule is COc1c([C@H]2[C@H](C(=O)Nc3ccnc(C(=O)N[C@H]4CCN(C)C4)c3)O[C@@](C)(C(F)(F)F)[C@H]2C)ccc(F)c1F. The first kappa shape index (κ1) is 28.7. The Morgan fingerprint density at radius 3 is 2.56 bits per heavy atom. The van der Waals surface area contributed by atoms with Crippen LogP contribution in [0.15, 0.2) is 30.5 Å². The molecule has 2 aliphatic rings. The largest absolute Gasteiger partial charge is 0.493 e. The Hall–Kier alpha value is -3.32. The Bertz CT molecular complexity index is 1260. The van der Waals surface area contributed by atoms with Gasteiger partial charge in [-0.2, -0.15) is 17.6 Å². The molecule has 3 heterocycles. The molecular formula is C26H29F5N4O4. The second-order valence-electron chi connectivity index (χ2n) is 10.1. The van der Waals surface area contributed by atoms with Crippen molar-refractivity contribution in [3.63, 3.8) is 0 Å². The molecule has 0 aliphatic carbocycles. The molecule has 5 atom stereocenters. The number of nitrogens with zero attached hydrogens (tertiary/aromatic N) is 2. The maximum Gasteiger partial charge on any atom is 0.417 e. The molecule has 8 nitrogen and oxygen atoms in total. The molecule has 0 saturated carbocycles. The van der Waals surface area contributed by atoms with Crippen LogP contribution in [0.5, 0.6) is 5.75 Å². The van der Waals surface area contributed by atoms with Gasteiger partial charge in [-0.15, -0.1) is 0 Å². The second kappa shape index (κ2) is 10.7. The fourth-order valence-electron chi connectivity index (χ4n) is 5.20. The number of halogens is 5. The quantitative estimate of drug-likeness (QED) is 0.525. The summed E-state index contributed by atoms with van der Waals surface area (Å²) in [5, 5.41) is 5.34. The number of nitrogens with one attached hydrogen (secondary N) is 2. The zero-order valence-electron chi connectivity index (χ0n) is 21.7. The third-order valence-electron chi connectivity index (χ3n) is 7.56. The first-order chi connectivity index (χ1) is 18.3. The summed E-state index contributed by atoms with van der Waals surface area (Å²) in [4.78, 5) is 32.1. The van der Waals surface area contributed by atoms with Crippen LogP contribution < -0.4 is 15.4 Å². The highest BCUT2D eigenvalue weighted by molar-refractivity contribution is 5.98. The molecule has 1 aromatic heterocycles. The number of anilines is 1. The van der Waals surface area contributed by atoms with Crippen LogP contribution in [0.4, 0.5) is 27.6 Å². The number of ether oxygens (including phenoxy) is 2. The van der Waals surface area contributed by atoms with Gasteiger partial charge in [0, 0.05) is 41.9 Å². The molecule has 0 spiro atoms. The van der Waals surface area contributed by atoms with Crippen LogP contribution in [-0.4, -0.2) is 72.9 Å². The van der Waals surface area contributed by atoms with E-state index in [0.29, 0.717) is 6.54 Å². The van der Waals surface area contributed by atoms with Gasteiger partial charge in [0.25, 0.3) is 11.8 Å². The lowest BCUT2D eigenvalue weighted by Gasteiger charge is -2.32. The van der Waals surface area contributed by atoms with Gasteiger partial charge in [-0.25, -0.2) is 4.39 Å². The number of rotatable bonds is 6. The molecule has 2 fully saturated rings. The summed E-state index contributed by atoms with van der Waals surface area (Å²) in [6.45, 7) is 3.53. The van der Waals surface area contributed by atoms with Gasteiger partial charge in [0.15, 0.2) is 17.2 Å². The maximum atomic E-state index is 14.5. The topological polar surface area (TPSA) is 92.8 Å².